The molecule has 6 nitrogen and oxygen atoms in total. The van der Waals surface area contributed by atoms with E-state index in [2.05, 4.69) is 10.3 Å². The minimum Gasteiger partial charge on any atom is -0.480 e. The number of nitrogens with zero attached hydrogens (tertiary/aromatic N) is 2. The van der Waals surface area contributed by atoms with Gasteiger partial charge in [-0.1, -0.05) is 0 Å². The third-order valence-corrected chi connectivity index (χ3v) is 3.35. The first kappa shape index (κ1) is 13.3. The minimum atomic E-state index is -0.985. The molecule has 0 saturated heterocycles. The molecule has 2 N–H and O–H groups in total. The smallest absolute Gasteiger partial charge is 0.323 e. The first-order valence-electron chi connectivity index (χ1n) is 5.62. The molecule has 100 valence electrons. The van der Waals surface area contributed by atoms with Crippen LogP contribution in [0.5, 0.6) is 0 Å². The molecular formula is C12H13N3O3S. The van der Waals surface area contributed by atoms with Gasteiger partial charge in [0.15, 0.2) is 0 Å². The Morgan fingerprint density at radius 1 is 1.53 bits per heavy atom. The number of aryl methyl sites for hydroxylation is 1. The van der Waals surface area contributed by atoms with E-state index in [0.717, 1.165) is 9.88 Å². The van der Waals surface area contributed by atoms with Crippen molar-refractivity contribution in [3.8, 4) is 0 Å². The van der Waals surface area contributed by atoms with Gasteiger partial charge in [0.2, 0.25) is 0 Å². The van der Waals surface area contributed by atoms with Crippen LogP contribution in [0, 0.1) is 6.92 Å². The maximum absolute atomic E-state index is 11.9. The van der Waals surface area contributed by atoms with Crippen molar-refractivity contribution in [3.05, 3.63) is 40.1 Å². The number of amides is 1. The van der Waals surface area contributed by atoms with Crippen LogP contribution in [0.25, 0.3) is 0 Å². The van der Waals surface area contributed by atoms with E-state index < -0.39 is 5.97 Å². The van der Waals surface area contributed by atoms with Crippen molar-refractivity contribution in [1.29, 1.82) is 0 Å². The number of aliphatic carboxylic acids is 1. The molecule has 0 fully saturated rings. The van der Waals surface area contributed by atoms with Gasteiger partial charge in [-0.2, -0.15) is 0 Å². The quantitative estimate of drug-likeness (QED) is 0.863. The molecule has 0 aromatic carbocycles. The van der Waals surface area contributed by atoms with E-state index in [1.54, 1.807) is 24.5 Å². The van der Waals surface area contributed by atoms with Crippen LogP contribution in [0.1, 0.15) is 20.4 Å². The largest absolute Gasteiger partial charge is 0.480 e. The molecule has 2 aromatic rings. The summed E-state index contributed by atoms with van der Waals surface area (Å²) in [4.78, 5) is 27.8. The highest BCUT2D eigenvalue weighted by Gasteiger charge is 2.12. The second-order valence-electron chi connectivity index (χ2n) is 3.96. The van der Waals surface area contributed by atoms with E-state index in [1.807, 2.05) is 6.92 Å². The van der Waals surface area contributed by atoms with E-state index >= 15 is 0 Å². The fourth-order valence-corrected chi connectivity index (χ4v) is 2.36. The predicted molar refractivity (Wildman–Crippen MR) is 70.1 cm³/mol. The lowest BCUT2D eigenvalue weighted by Crippen LogP contribution is -2.26. The summed E-state index contributed by atoms with van der Waals surface area (Å²) in [5, 5.41) is 12.3. The first-order chi connectivity index (χ1) is 9.06. The van der Waals surface area contributed by atoms with Crippen molar-refractivity contribution < 1.29 is 14.7 Å². The van der Waals surface area contributed by atoms with Crippen LogP contribution in [0.2, 0.25) is 0 Å². The molecular weight excluding hydrogens is 266 g/mol. The van der Waals surface area contributed by atoms with Crippen molar-refractivity contribution in [2.24, 2.45) is 0 Å². The first-order valence-corrected chi connectivity index (χ1v) is 6.44. The van der Waals surface area contributed by atoms with Crippen molar-refractivity contribution in [1.82, 2.24) is 14.9 Å². The van der Waals surface area contributed by atoms with Crippen molar-refractivity contribution in [3.63, 3.8) is 0 Å². The molecule has 0 bridgehead atoms. The number of hydrogen-bond donors (Lipinski definition) is 2. The average Bonchev–Trinajstić information content (AvgIpc) is 2.94. The molecule has 0 atom stereocenters. The van der Waals surface area contributed by atoms with Crippen LogP contribution < -0.4 is 5.32 Å². The van der Waals surface area contributed by atoms with Gasteiger partial charge in [-0.15, -0.1) is 11.3 Å². The molecule has 19 heavy (non-hydrogen) atoms. The monoisotopic (exact) mass is 279 g/mol. The average molecular weight is 279 g/mol. The van der Waals surface area contributed by atoms with Gasteiger partial charge in [0, 0.05) is 17.3 Å². The van der Waals surface area contributed by atoms with E-state index in [9.17, 15) is 9.59 Å². The summed E-state index contributed by atoms with van der Waals surface area (Å²) >= 11 is 1.52. The van der Waals surface area contributed by atoms with E-state index in [1.165, 1.54) is 15.9 Å². The number of carbonyl (C=O) groups excluding carboxylic acids is 1. The molecule has 1 amide bonds. The van der Waals surface area contributed by atoms with Crippen LogP contribution in [0.4, 0.5) is 0 Å². The molecule has 7 heteroatoms. The van der Waals surface area contributed by atoms with E-state index in [0.29, 0.717) is 12.2 Å². The zero-order chi connectivity index (χ0) is 13.8. The van der Waals surface area contributed by atoms with E-state index in [4.69, 9.17) is 5.11 Å². The summed E-state index contributed by atoms with van der Waals surface area (Å²) in [5.41, 5.74) is 0.329. The van der Waals surface area contributed by atoms with Crippen LogP contribution in [-0.2, 0) is 17.9 Å². The molecule has 0 aliphatic heterocycles. The normalized spacial score (nSPS) is 10.4. The maximum Gasteiger partial charge on any atom is 0.323 e. The number of hydrogen-bond acceptors (Lipinski definition) is 4. The van der Waals surface area contributed by atoms with Gasteiger partial charge in [0.05, 0.1) is 6.54 Å². The van der Waals surface area contributed by atoms with Gasteiger partial charge in [-0.25, -0.2) is 4.98 Å². The third-order valence-electron chi connectivity index (χ3n) is 2.44. The van der Waals surface area contributed by atoms with Gasteiger partial charge in [-0.3, -0.25) is 9.59 Å². The van der Waals surface area contributed by atoms with Gasteiger partial charge < -0.3 is 15.0 Å². The standard InChI is InChI=1S/C12H13N3O3S/c1-8-5-13-10(19-8)6-14-12(18)9-3-2-4-15(9)7-11(16)17/h2-5H,6-7H2,1H3,(H,14,18)(H,16,17). The summed E-state index contributed by atoms with van der Waals surface area (Å²) in [6.07, 6.45) is 3.32. The number of carboxylic acids is 1. The minimum absolute atomic E-state index is 0.230. The Morgan fingerprint density at radius 3 is 2.95 bits per heavy atom. The lowest BCUT2D eigenvalue weighted by Gasteiger charge is -2.06. The highest BCUT2D eigenvalue weighted by atomic mass is 32.1. The summed E-state index contributed by atoms with van der Waals surface area (Å²) in [6.45, 7) is 2.06. The molecule has 2 aromatic heterocycles. The Labute approximate surface area is 113 Å². The summed E-state index contributed by atoms with van der Waals surface area (Å²) in [6, 6.07) is 3.23. The van der Waals surface area contributed by atoms with E-state index in [-0.39, 0.29) is 12.5 Å². The second-order valence-corrected chi connectivity index (χ2v) is 5.28. The fraction of sp³-hybridized carbons (Fsp3) is 0.250. The molecule has 0 radical (unpaired) electrons. The molecule has 0 saturated carbocycles. The van der Waals surface area contributed by atoms with Gasteiger partial charge in [0.25, 0.3) is 5.91 Å². The summed E-state index contributed by atoms with van der Waals surface area (Å²) in [5.74, 6) is -1.29. The van der Waals surface area contributed by atoms with Crippen molar-refractivity contribution >= 4 is 23.2 Å². The topological polar surface area (TPSA) is 84.2 Å². The molecule has 0 unspecified atom stereocenters. The Bertz CT molecular complexity index is 603. The lowest BCUT2D eigenvalue weighted by molar-refractivity contribution is -0.137. The molecule has 0 aliphatic carbocycles. The number of nitrogens with one attached hydrogen (secondary N) is 1. The Balaban J connectivity index is 2.00. The number of rotatable bonds is 5. The Kier molecular flexibility index (Phi) is 3.96. The van der Waals surface area contributed by atoms with Crippen molar-refractivity contribution in [2.75, 3.05) is 0 Å². The molecule has 0 spiro atoms. The van der Waals surface area contributed by atoms with Crippen LogP contribution >= 0.6 is 11.3 Å². The van der Waals surface area contributed by atoms with Gasteiger partial charge in [0.1, 0.15) is 17.2 Å². The van der Waals surface area contributed by atoms with Gasteiger partial charge in [-0.05, 0) is 19.1 Å². The highest BCUT2D eigenvalue weighted by Crippen LogP contribution is 2.11. The van der Waals surface area contributed by atoms with Crippen LogP contribution in [-0.4, -0.2) is 26.5 Å². The number of carbonyl (C=O) groups is 2. The van der Waals surface area contributed by atoms with Crippen molar-refractivity contribution in [2.45, 2.75) is 20.0 Å². The SMILES string of the molecule is Cc1cnc(CNC(=O)c2cccn2CC(=O)O)s1. The number of carboxylic acid groups (broad SMARTS) is 1. The number of aromatic nitrogens is 2. The zero-order valence-corrected chi connectivity index (χ0v) is 11.1. The summed E-state index contributed by atoms with van der Waals surface area (Å²) in [7, 11) is 0. The zero-order valence-electron chi connectivity index (χ0n) is 10.3. The fourth-order valence-electron chi connectivity index (χ4n) is 1.63. The Hall–Kier alpha value is -2.15. The van der Waals surface area contributed by atoms with Crippen LogP contribution in [0.3, 0.4) is 0 Å². The number of thiazole rings is 1. The predicted octanol–water partition coefficient (Wildman–Crippen LogP) is 1.27. The maximum atomic E-state index is 11.9. The Morgan fingerprint density at radius 2 is 2.32 bits per heavy atom. The summed E-state index contributed by atoms with van der Waals surface area (Å²) < 4.78 is 1.39. The highest BCUT2D eigenvalue weighted by molar-refractivity contribution is 7.11. The third kappa shape index (κ3) is 3.41. The molecule has 2 rings (SSSR count). The molecule has 2 heterocycles. The van der Waals surface area contributed by atoms with Gasteiger partial charge >= 0.3 is 5.97 Å². The second kappa shape index (κ2) is 5.66. The lowest BCUT2D eigenvalue weighted by atomic mass is 10.4. The molecule has 0 aliphatic rings. The van der Waals surface area contributed by atoms with Crippen LogP contribution in [0.15, 0.2) is 24.5 Å².